The quantitative estimate of drug-likeness (QED) is 0.467. The average molecular weight is 417 g/mol. The summed E-state index contributed by atoms with van der Waals surface area (Å²) in [6.45, 7) is 6.76. The predicted molar refractivity (Wildman–Crippen MR) is 112 cm³/mol. The van der Waals surface area contributed by atoms with Crippen LogP contribution in [0.4, 0.5) is 5.88 Å². The Hall–Kier alpha value is -2.65. The number of rotatable bonds is 7. The summed E-state index contributed by atoms with van der Waals surface area (Å²) in [5, 5.41) is 7.68. The Kier molecular flexibility index (Phi) is 6.39. The highest BCUT2D eigenvalue weighted by atomic mass is 32.2. The second kappa shape index (κ2) is 8.79. The molecular formula is C20H24N4O4S. The third-order valence-electron chi connectivity index (χ3n) is 4.22. The molecule has 154 valence electrons. The van der Waals surface area contributed by atoms with Crippen LogP contribution in [0.15, 0.2) is 44.8 Å². The minimum absolute atomic E-state index is 0.0727. The van der Waals surface area contributed by atoms with Crippen LogP contribution in [0.5, 0.6) is 0 Å². The van der Waals surface area contributed by atoms with E-state index in [1.54, 1.807) is 31.4 Å². The molecule has 3 rings (SSSR count). The van der Waals surface area contributed by atoms with Gasteiger partial charge in [-0.1, -0.05) is 49.8 Å². The molecule has 0 spiro atoms. The number of fused-ring (bicyclic) bond motifs is 1. The summed E-state index contributed by atoms with van der Waals surface area (Å²) in [6, 6.07) is 8.86. The second-order valence-electron chi connectivity index (χ2n) is 7.52. The Morgan fingerprint density at radius 1 is 1.31 bits per heavy atom. The molecule has 3 aromatic rings. The molecule has 0 atom stereocenters. The van der Waals surface area contributed by atoms with Crippen molar-refractivity contribution in [1.82, 2.24) is 14.7 Å². The van der Waals surface area contributed by atoms with Crippen LogP contribution in [0.1, 0.15) is 26.5 Å². The van der Waals surface area contributed by atoms with Gasteiger partial charge in [-0.25, -0.2) is 4.98 Å². The minimum atomic E-state index is -0.271. The zero-order chi connectivity index (χ0) is 21.0. The maximum absolute atomic E-state index is 12.8. The molecule has 29 heavy (non-hydrogen) atoms. The van der Waals surface area contributed by atoms with E-state index in [4.69, 9.17) is 9.26 Å². The van der Waals surface area contributed by atoms with Crippen molar-refractivity contribution in [1.29, 1.82) is 0 Å². The molecule has 2 aromatic heterocycles. The van der Waals surface area contributed by atoms with Gasteiger partial charge in [-0.05, 0) is 12.1 Å². The van der Waals surface area contributed by atoms with Crippen molar-refractivity contribution in [3.05, 3.63) is 46.4 Å². The Morgan fingerprint density at radius 3 is 2.76 bits per heavy atom. The van der Waals surface area contributed by atoms with Gasteiger partial charge in [0.1, 0.15) is 0 Å². The Balaban J connectivity index is 1.76. The molecule has 1 amide bonds. The highest BCUT2D eigenvalue weighted by Crippen LogP contribution is 2.24. The first kappa shape index (κ1) is 21.1. The van der Waals surface area contributed by atoms with Crippen LogP contribution in [0, 0.1) is 0 Å². The number of nitrogens with zero attached hydrogens (tertiary/aromatic N) is 3. The fraction of sp³-hybridized carbons (Fsp3) is 0.400. The Bertz CT molecular complexity index is 1070. The van der Waals surface area contributed by atoms with E-state index in [0.717, 1.165) is 5.69 Å². The van der Waals surface area contributed by atoms with Crippen LogP contribution >= 0.6 is 11.8 Å². The summed E-state index contributed by atoms with van der Waals surface area (Å²) in [4.78, 5) is 29.7. The van der Waals surface area contributed by atoms with E-state index in [-0.39, 0.29) is 22.6 Å². The van der Waals surface area contributed by atoms with Crippen molar-refractivity contribution in [2.24, 2.45) is 0 Å². The van der Waals surface area contributed by atoms with Crippen molar-refractivity contribution in [3.8, 4) is 0 Å². The van der Waals surface area contributed by atoms with E-state index in [1.807, 2.05) is 26.8 Å². The van der Waals surface area contributed by atoms with Gasteiger partial charge < -0.3 is 9.26 Å². The van der Waals surface area contributed by atoms with Gasteiger partial charge in [0.05, 0.1) is 35.5 Å². The van der Waals surface area contributed by atoms with Gasteiger partial charge in [-0.15, -0.1) is 0 Å². The summed E-state index contributed by atoms with van der Waals surface area (Å²) in [5.74, 6) is 0.0969. The molecule has 0 aliphatic rings. The third-order valence-corrected chi connectivity index (χ3v) is 5.20. The number of para-hydroxylation sites is 1. The number of hydrogen-bond acceptors (Lipinski definition) is 7. The van der Waals surface area contributed by atoms with Crippen LogP contribution in [0.3, 0.4) is 0 Å². The molecule has 0 saturated carbocycles. The van der Waals surface area contributed by atoms with Gasteiger partial charge in [-0.3, -0.25) is 19.5 Å². The average Bonchev–Trinajstić information content (AvgIpc) is 3.15. The number of hydrogen-bond donors (Lipinski definition) is 1. The number of ether oxygens (including phenoxy) is 1. The zero-order valence-electron chi connectivity index (χ0n) is 16.9. The van der Waals surface area contributed by atoms with Gasteiger partial charge in [0.2, 0.25) is 11.8 Å². The lowest BCUT2D eigenvalue weighted by Crippen LogP contribution is -2.26. The smallest absolute Gasteiger partial charge is 0.262 e. The topological polar surface area (TPSA) is 99.2 Å². The van der Waals surface area contributed by atoms with Gasteiger partial charge >= 0.3 is 0 Å². The summed E-state index contributed by atoms with van der Waals surface area (Å²) < 4.78 is 11.8. The first-order valence-electron chi connectivity index (χ1n) is 9.18. The molecular weight excluding hydrogens is 392 g/mol. The first-order valence-corrected chi connectivity index (χ1v) is 10.2. The fourth-order valence-electron chi connectivity index (χ4n) is 2.63. The van der Waals surface area contributed by atoms with E-state index in [9.17, 15) is 9.59 Å². The van der Waals surface area contributed by atoms with Crippen molar-refractivity contribution < 1.29 is 14.1 Å². The van der Waals surface area contributed by atoms with Crippen molar-refractivity contribution in [2.75, 3.05) is 24.8 Å². The van der Waals surface area contributed by atoms with E-state index in [2.05, 4.69) is 15.5 Å². The van der Waals surface area contributed by atoms with E-state index in [0.29, 0.717) is 35.1 Å². The number of amides is 1. The number of anilines is 1. The lowest BCUT2D eigenvalue weighted by molar-refractivity contribution is -0.113. The van der Waals surface area contributed by atoms with Gasteiger partial charge in [0.15, 0.2) is 5.16 Å². The zero-order valence-corrected chi connectivity index (χ0v) is 17.7. The molecule has 2 heterocycles. The first-order chi connectivity index (χ1) is 13.8. The third kappa shape index (κ3) is 5.04. The maximum Gasteiger partial charge on any atom is 0.262 e. The van der Waals surface area contributed by atoms with E-state index in [1.165, 1.54) is 16.3 Å². The number of methoxy groups -OCH3 is 1. The number of benzene rings is 1. The Morgan fingerprint density at radius 2 is 2.07 bits per heavy atom. The normalized spacial score (nSPS) is 11.7. The highest BCUT2D eigenvalue weighted by Gasteiger charge is 2.20. The lowest BCUT2D eigenvalue weighted by Gasteiger charge is -2.12. The van der Waals surface area contributed by atoms with Crippen LogP contribution in [-0.4, -0.2) is 40.1 Å². The number of carbonyl (C=O) groups is 1. The number of thioether (sulfide) groups is 1. The van der Waals surface area contributed by atoms with Crippen LogP contribution in [-0.2, 0) is 21.5 Å². The molecule has 1 aromatic carbocycles. The fourth-order valence-corrected chi connectivity index (χ4v) is 3.45. The molecule has 9 heteroatoms. The Labute approximate surface area is 172 Å². The van der Waals surface area contributed by atoms with Gasteiger partial charge in [0, 0.05) is 18.6 Å². The molecule has 0 aliphatic heterocycles. The molecule has 0 radical (unpaired) electrons. The van der Waals surface area contributed by atoms with Crippen molar-refractivity contribution in [2.45, 2.75) is 37.9 Å². The summed E-state index contributed by atoms with van der Waals surface area (Å²) >= 11 is 1.19. The maximum atomic E-state index is 12.8. The highest BCUT2D eigenvalue weighted by molar-refractivity contribution is 7.99. The van der Waals surface area contributed by atoms with Crippen LogP contribution in [0.25, 0.3) is 10.9 Å². The SMILES string of the molecule is COCCn1c(SCC(=O)Nc2cc(C(C)(C)C)no2)nc2ccccc2c1=O. The van der Waals surface area contributed by atoms with Crippen LogP contribution < -0.4 is 10.9 Å². The molecule has 1 N–H and O–H groups in total. The monoisotopic (exact) mass is 416 g/mol. The number of carbonyl (C=O) groups excluding carboxylic acids is 1. The molecule has 0 bridgehead atoms. The van der Waals surface area contributed by atoms with E-state index < -0.39 is 0 Å². The van der Waals surface area contributed by atoms with Crippen molar-refractivity contribution in [3.63, 3.8) is 0 Å². The van der Waals surface area contributed by atoms with Crippen LogP contribution in [0.2, 0.25) is 0 Å². The van der Waals surface area contributed by atoms with Crippen molar-refractivity contribution >= 4 is 34.5 Å². The largest absolute Gasteiger partial charge is 0.383 e. The number of aromatic nitrogens is 3. The molecule has 0 saturated heterocycles. The molecule has 8 nitrogen and oxygen atoms in total. The van der Waals surface area contributed by atoms with Gasteiger partial charge in [0.25, 0.3) is 5.56 Å². The summed E-state index contributed by atoms with van der Waals surface area (Å²) in [6.07, 6.45) is 0. The molecule has 0 aliphatic carbocycles. The summed E-state index contributed by atoms with van der Waals surface area (Å²) in [7, 11) is 1.57. The molecule has 0 fully saturated rings. The van der Waals surface area contributed by atoms with Gasteiger partial charge in [-0.2, -0.15) is 0 Å². The number of nitrogens with one attached hydrogen (secondary N) is 1. The molecule has 0 unspecified atom stereocenters. The van der Waals surface area contributed by atoms with E-state index >= 15 is 0 Å². The predicted octanol–water partition coefficient (Wildman–Crippen LogP) is 3.06. The minimum Gasteiger partial charge on any atom is -0.383 e. The second-order valence-corrected chi connectivity index (χ2v) is 8.47. The standard InChI is InChI=1S/C20H24N4O4S/c1-20(2,3)15-11-17(28-23-15)22-16(25)12-29-19-21-14-8-6-5-7-13(14)18(26)24(19)9-10-27-4/h5-8,11H,9-10,12H2,1-4H3,(H,22,25). The lowest BCUT2D eigenvalue weighted by atomic mass is 9.92. The summed E-state index contributed by atoms with van der Waals surface area (Å²) in [5.41, 5.74) is 1.03.